The van der Waals surface area contributed by atoms with Crippen molar-refractivity contribution in [2.75, 3.05) is 0 Å². The molecular formula is C14H19NO. The van der Waals surface area contributed by atoms with Gasteiger partial charge in [-0.2, -0.15) is 0 Å². The van der Waals surface area contributed by atoms with Crippen LogP contribution in [0.2, 0.25) is 0 Å². The molecule has 0 spiro atoms. The lowest BCUT2D eigenvalue weighted by atomic mass is 9.93. The highest BCUT2D eigenvalue weighted by molar-refractivity contribution is 5.21. The number of rotatable bonds is 3. The number of allylic oxidation sites excluding steroid dienone is 1. The van der Waals surface area contributed by atoms with E-state index >= 15 is 0 Å². The molecule has 0 saturated carbocycles. The largest absolute Gasteiger partial charge is 0.388 e. The Morgan fingerprint density at radius 3 is 2.94 bits per heavy atom. The summed E-state index contributed by atoms with van der Waals surface area (Å²) in [6.07, 6.45) is 11.1. The first kappa shape index (κ1) is 11.3. The smallest absolute Gasteiger partial charge is 0.0842 e. The molecule has 1 N–H and O–H groups in total. The summed E-state index contributed by atoms with van der Waals surface area (Å²) < 4.78 is 0. The first-order valence-corrected chi connectivity index (χ1v) is 6.03. The quantitative estimate of drug-likeness (QED) is 0.788. The van der Waals surface area contributed by atoms with Crippen molar-refractivity contribution in [1.82, 2.24) is 4.98 Å². The normalized spacial score (nSPS) is 18.0. The van der Waals surface area contributed by atoms with E-state index in [4.69, 9.17) is 0 Å². The van der Waals surface area contributed by atoms with E-state index in [1.807, 2.05) is 19.2 Å². The van der Waals surface area contributed by atoms with E-state index < -0.39 is 6.10 Å². The zero-order valence-electron chi connectivity index (χ0n) is 9.82. The highest BCUT2D eigenvalue weighted by Gasteiger charge is 2.12. The minimum atomic E-state index is -0.392. The van der Waals surface area contributed by atoms with Crippen LogP contribution in [0.25, 0.3) is 0 Å². The third kappa shape index (κ3) is 2.92. The zero-order chi connectivity index (χ0) is 11.4. The summed E-state index contributed by atoms with van der Waals surface area (Å²) in [5, 5.41) is 10.1. The molecule has 0 radical (unpaired) electrons. The Hall–Kier alpha value is -1.15. The maximum atomic E-state index is 10.1. The summed E-state index contributed by atoms with van der Waals surface area (Å²) in [6.45, 7) is 2.00. The molecule has 2 rings (SSSR count). The molecule has 2 heteroatoms. The van der Waals surface area contributed by atoms with Crippen LogP contribution in [-0.4, -0.2) is 10.1 Å². The van der Waals surface area contributed by atoms with Crippen LogP contribution in [0.3, 0.4) is 0 Å². The predicted molar refractivity (Wildman–Crippen MR) is 65.1 cm³/mol. The molecule has 86 valence electrons. The number of aliphatic hydroxyl groups is 1. The monoisotopic (exact) mass is 217 g/mol. The minimum Gasteiger partial charge on any atom is -0.388 e. The van der Waals surface area contributed by atoms with Crippen LogP contribution >= 0.6 is 0 Å². The van der Waals surface area contributed by atoms with E-state index in [9.17, 15) is 5.11 Å². The van der Waals surface area contributed by atoms with Crippen LogP contribution in [0.4, 0.5) is 0 Å². The van der Waals surface area contributed by atoms with Crippen molar-refractivity contribution in [2.24, 2.45) is 0 Å². The van der Waals surface area contributed by atoms with Gasteiger partial charge < -0.3 is 5.11 Å². The van der Waals surface area contributed by atoms with Crippen molar-refractivity contribution in [3.05, 3.63) is 41.2 Å². The molecule has 1 aliphatic carbocycles. The van der Waals surface area contributed by atoms with Crippen molar-refractivity contribution in [3.63, 3.8) is 0 Å². The molecule has 0 bridgehead atoms. The minimum absolute atomic E-state index is 0.392. The Kier molecular flexibility index (Phi) is 3.73. The number of pyridine rings is 1. The third-order valence-corrected chi connectivity index (χ3v) is 3.12. The van der Waals surface area contributed by atoms with Gasteiger partial charge in [0.1, 0.15) is 0 Å². The van der Waals surface area contributed by atoms with Gasteiger partial charge in [0.05, 0.1) is 6.10 Å². The van der Waals surface area contributed by atoms with Gasteiger partial charge in [0.15, 0.2) is 0 Å². The Balaban J connectivity index is 2.02. The summed E-state index contributed by atoms with van der Waals surface area (Å²) in [5.74, 6) is 0. The summed E-state index contributed by atoms with van der Waals surface area (Å²) >= 11 is 0. The Bertz CT molecular complexity index is 384. The van der Waals surface area contributed by atoms with E-state index in [0.717, 1.165) is 24.0 Å². The van der Waals surface area contributed by atoms with Gasteiger partial charge in [-0.15, -0.1) is 0 Å². The molecule has 0 aromatic carbocycles. The standard InChI is InChI=1S/C14H19NO/c1-11-7-13(10-15-9-11)14(16)8-12-5-3-2-4-6-12/h5,7,9-10,14,16H,2-4,6,8H2,1H3. The van der Waals surface area contributed by atoms with Crippen LogP contribution in [-0.2, 0) is 0 Å². The fourth-order valence-corrected chi connectivity index (χ4v) is 2.22. The van der Waals surface area contributed by atoms with Gasteiger partial charge >= 0.3 is 0 Å². The number of hydrogen-bond acceptors (Lipinski definition) is 2. The van der Waals surface area contributed by atoms with Gasteiger partial charge in [0, 0.05) is 12.4 Å². The number of nitrogens with zero attached hydrogens (tertiary/aromatic N) is 1. The van der Waals surface area contributed by atoms with Crippen LogP contribution < -0.4 is 0 Å². The fourth-order valence-electron chi connectivity index (χ4n) is 2.22. The molecule has 0 amide bonds. The second-order valence-corrected chi connectivity index (χ2v) is 4.62. The van der Waals surface area contributed by atoms with E-state index in [1.54, 1.807) is 6.20 Å². The molecule has 2 nitrogen and oxygen atoms in total. The van der Waals surface area contributed by atoms with Crippen LogP contribution in [0.5, 0.6) is 0 Å². The van der Waals surface area contributed by atoms with Crippen LogP contribution in [0.15, 0.2) is 30.1 Å². The van der Waals surface area contributed by atoms with E-state index in [-0.39, 0.29) is 0 Å². The molecule has 0 saturated heterocycles. The zero-order valence-corrected chi connectivity index (χ0v) is 9.82. The van der Waals surface area contributed by atoms with E-state index in [0.29, 0.717) is 0 Å². The first-order chi connectivity index (χ1) is 7.75. The molecule has 1 heterocycles. The van der Waals surface area contributed by atoms with E-state index in [2.05, 4.69) is 11.1 Å². The van der Waals surface area contributed by atoms with Crippen LogP contribution in [0, 0.1) is 6.92 Å². The molecule has 16 heavy (non-hydrogen) atoms. The maximum Gasteiger partial charge on any atom is 0.0842 e. The van der Waals surface area contributed by atoms with Gasteiger partial charge in [-0.25, -0.2) is 0 Å². The number of aryl methyl sites for hydroxylation is 1. The number of hydrogen-bond donors (Lipinski definition) is 1. The third-order valence-electron chi connectivity index (χ3n) is 3.12. The average molecular weight is 217 g/mol. The number of aromatic nitrogens is 1. The van der Waals surface area contributed by atoms with Gasteiger partial charge in [-0.3, -0.25) is 4.98 Å². The molecule has 1 aliphatic rings. The Labute approximate surface area is 97.0 Å². The lowest BCUT2D eigenvalue weighted by Gasteiger charge is -2.16. The van der Waals surface area contributed by atoms with Crippen molar-refractivity contribution < 1.29 is 5.11 Å². The first-order valence-electron chi connectivity index (χ1n) is 6.03. The van der Waals surface area contributed by atoms with Gasteiger partial charge in [-0.1, -0.05) is 17.7 Å². The van der Waals surface area contributed by atoms with Gasteiger partial charge in [0.2, 0.25) is 0 Å². The van der Waals surface area contributed by atoms with E-state index in [1.165, 1.54) is 24.8 Å². The van der Waals surface area contributed by atoms with Crippen molar-refractivity contribution in [3.8, 4) is 0 Å². The van der Waals surface area contributed by atoms with Gasteiger partial charge in [0.25, 0.3) is 0 Å². The summed E-state index contributed by atoms with van der Waals surface area (Å²) in [6, 6.07) is 2.01. The lowest BCUT2D eigenvalue weighted by molar-refractivity contribution is 0.176. The molecule has 1 aromatic rings. The fraction of sp³-hybridized carbons (Fsp3) is 0.500. The number of aliphatic hydroxyl groups excluding tert-OH is 1. The SMILES string of the molecule is Cc1cncc(C(O)CC2=CCCCC2)c1. The highest BCUT2D eigenvalue weighted by Crippen LogP contribution is 2.27. The second-order valence-electron chi connectivity index (χ2n) is 4.62. The summed E-state index contributed by atoms with van der Waals surface area (Å²) in [5.41, 5.74) is 3.45. The summed E-state index contributed by atoms with van der Waals surface area (Å²) in [7, 11) is 0. The van der Waals surface area contributed by atoms with Crippen molar-refractivity contribution in [2.45, 2.75) is 45.1 Å². The summed E-state index contributed by atoms with van der Waals surface area (Å²) in [4.78, 5) is 4.12. The Morgan fingerprint density at radius 2 is 2.25 bits per heavy atom. The molecule has 1 aromatic heterocycles. The average Bonchev–Trinajstić information content (AvgIpc) is 2.30. The molecule has 0 aliphatic heterocycles. The highest BCUT2D eigenvalue weighted by atomic mass is 16.3. The molecule has 1 unspecified atom stereocenters. The van der Waals surface area contributed by atoms with Gasteiger partial charge in [-0.05, 0) is 50.2 Å². The lowest BCUT2D eigenvalue weighted by Crippen LogP contribution is -2.02. The molecule has 0 fully saturated rings. The Morgan fingerprint density at radius 1 is 1.38 bits per heavy atom. The molecule has 1 atom stereocenters. The maximum absolute atomic E-state index is 10.1. The molecular weight excluding hydrogens is 198 g/mol. The van der Waals surface area contributed by atoms with Crippen LogP contribution in [0.1, 0.15) is 49.3 Å². The second kappa shape index (κ2) is 5.26. The topological polar surface area (TPSA) is 33.1 Å². The van der Waals surface area contributed by atoms with Crippen molar-refractivity contribution >= 4 is 0 Å². The predicted octanol–water partition coefficient (Wildman–Crippen LogP) is 3.31. The van der Waals surface area contributed by atoms with Crippen molar-refractivity contribution in [1.29, 1.82) is 0 Å².